The van der Waals surface area contributed by atoms with E-state index in [-0.39, 0.29) is 13.2 Å². The second-order valence-electron chi connectivity index (χ2n) is 10.3. The number of nitrogens with zero attached hydrogens (tertiary/aromatic N) is 1. The average Bonchev–Trinajstić information content (AvgIpc) is 2.71. The highest BCUT2D eigenvalue weighted by atomic mass is 31.2. The first-order chi connectivity index (χ1) is 15.5. The van der Waals surface area contributed by atoms with Gasteiger partial charge in [-0.05, 0) is 13.0 Å². The quantitative estimate of drug-likeness (QED) is 0.0816. The molecule has 0 saturated heterocycles. The number of rotatable bonds is 22. The van der Waals surface area contributed by atoms with Crippen LogP contribution in [-0.2, 0) is 4.57 Å². The summed E-state index contributed by atoms with van der Waals surface area (Å²) in [5, 5.41) is 20.8. The van der Waals surface area contributed by atoms with Gasteiger partial charge in [0.05, 0.1) is 27.7 Å². The normalized spacial score (nSPS) is 13.0. The number of likely N-dealkylation sites (N-methyl/N-ethyl adjacent to an activating group) is 1. The molecule has 5 N–H and O–H groups in total. The van der Waals surface area contributed by atoms with Crippen molar-refractivity contribution in [2.24, 2.45) is 0 Å². The van der Waals surface area contributed by atoms with Crippen LogP contribution in [0, 0.1) is 0 Å². The highest BCUT2D eigenvalue weighted by molar-refractivity contribution is 7.52. The molecule has 0 aliphatic rings. The largest absolute Gasteiger partial charge is 0.395 e. The number of quaternary nitrogens is 1. The highest BCUT2D eigenvalue weighted by Crippen LogP contribution is 2.39. The zero-order valence-corrected chi connectivity index (χ0v) is 23.2. The van der Waals surface area contributed by atoms with Gasteiger partial charge < -0.3 is 29.8 Å². The SMILES string of the molecule is CCCCCCCCCCCCCCCCCCNCCO.C[N+](C)(C)CC(O)P(=O)(O)O. The minimum Gasteiger partial charge on any atom is -0.395 e. The third kappa shape index (κ3) is 32.0. The molecule has 8 heteroatoms. The van der Waals surface area contributed by atoms with E-state index in [9.17, 15) is 4.57 Å². The van der Waals surface area contributed by atoms with E-state index in [4.69, 9.17) is 20.0 Å². The summed E-state index contributed by atoms with van der Waals surface area (Å²) in [6.45, 7) is 4.41. The lowest BCUT2D eigenvalue weighted by Crippen LogP contribution is -2.41. The van der Waals surface area contributed by atoms with Crippen molar-refractivity contribution in [2.45, 2.75) is 116 Å². The summed E-state index contributed by atoms with van der Waals surface area (Å²) in [6, 6.07) is 0. The summed E-state index contributed by atoms with van der Waals surface area (Å²) >= 11 is 0. The molecule has 1 atom stereocenters. The molecular formula is C25H58N2O5P+. The summed E-state index contributed by atoms with van der Waals surface area (Å²) in [4.78, 5) is 17.0. The Morgan fingerprint density at radius 3 is 1.33 bits per heavy atom. The van der Waals surface area contributed by atoms with Gasteiger partial charge in [0.2, 0.25) is 5.85 Å². The molecule has 33 heavy (non-hydrogen) atoms. The van der Waals surface area contributed by atoms with Crippen molar-refractivity contribution in [3.05, 3.63) is 0 Å². The Labute approximate surface area is 205 Å². The number of unbranched alkanes of at least 4 members (excludes halogenated alkanes) is 15. The van der Waals surface area contributed by atoms with E-state index >= 15 is 0 Å². The zero-order valence-electron chi connectivity index (χ0n) is 22.3. The fourth-order valence-corrected chi connectivity index (χ4v) is 4.30. The van der Waals surface area contributed by atoms with Crippen molar-refractivity contribution >= 4 is 7.60 Å². The van der Waals surface area contributed by atoms with Crippen LogP contribution in [0.1, 0.15) is 110 Å². The van der Waals surface area contributed by atoms with E-state index in [0.29, 0.717) is 4.48 Å². The fourth-order valence-electron chi connectivity index (χ4n) is 3.60. The maximum atomic E-state index is 10.4. The summed E-state index contributed by atoms with van der Waals surface area (Å²) < 4.78 is 10.8. The standard InChI is InChI=1S/C20H43NO.C5H14NO4P/c1-2-3-4-5-6-7-8-9-10-11-12-13-14-15-16-17-18-21-19-20-22;1-6(2,3)4-5(7)11(8,9)10/h21-22H,2-20H2,1H3;5,7H,4H2,1-3H3,(H-,8,9,10)/p+1. The molecule has 0 rings (SSSR count). The van der Waals surface area contributed by atoms with Crippen molar-refractivity contribution in [1.82, 2.24) is 5.32 Å². The highest BCUT2D eigenvalue weighted by Gasteiger charge is 2.31. The van der Waals surface area contributed by atoms with Gasteiger partial charge in [0.15, 0.2) is 0 Å². The third-order valence-corrected chi connectivity index (χ3v) is 6.53. The number of hydrogen-bond acceptors (Lipinski definition) is 4. The monoisotopic (exact) mass is 497 g/mol. The van der Waals surface area contributed by atoms with Crippen LogP contribution in [0.4, 0.5) is 0 Å². The van der Waals surface area contributed by atoms with Crippen LogP contribution < -0.4 is 5.32 Å². The van der Waals surface area contributed by atoms with Gasteiger partial charge in [0.1, 0.15) is 6.54 Å². The molecule has 0 saturated carbocycles. The minimum atomic E-state index is -4.31. The molecule has 0 amide bonds. The van der Waals surface area contributed by atoms with Crippen LogP contribution in [0.3, 0.4) is 0 Å². The molecule has 0 fully saturated rings. The number of aliphatic hydroxyl groups excluding tert-OH is 2. The smallest absolute Gasteiger partial charge is 0.359 e. The Morgan fingerprint density at radius 2 is 1.06 bits per heavy atom. The summed E-state index contributed by atoms with van der Waals surface area (Å²) in [5.41, 5.74) is 0. The lowest BCUT2D eigenvalue weighted by Gasteiger charge is -2.26. The second kappa shape index (κ2) is 23.7. The summed E-state index contributed by atoms with van der Waals surface area (Å²) in [6.07, 6.45) is 22.8. The number of hydrogen-bond donors (Lipinski definition) is 5. The topological polar surface area (TPSA) is 110 Å². The van der Waals surface area contributed by atoms with E-state index < -0.39 is 13.4 Å². The molecule has 202 valence electrons. The molecule has 0 aliphatic heterocycles. The van der Waals surface area contributed by atoms with Crippen molar-refractivity contribution < 1.29 is 29.0 Å². The second-order valence-corrected chi connectivity index (χ2v) is 12.1. The van der Waals surface area contributed by atoms with Gasteiger partial charge in [-0.3, -0.25) is 4.57 Å². The molecule has 0 aromatic carbocycles. The van der Waals surface area contributed by atoms with Crippen LogP contribution in [0.25, 0.3) is 0 Å². The Hall–Kier alpha value is -0.0100. The molecule has 0 aromatic rings. The van der Waals surface area contributed by atoms with Crippen LogP contribution in [0.15, 0.2) is 0 Å². The predicted octanol–water partition coefficient (Wildman–Crippen LogP) is 5.02. The molecule has 0 aliphatic carbocycles. The van der Waals surface area contributed by atoms with E-state index in [0.717, 1.165) is 13.1 Å². The van der Waals surface area contributed by atoms with Gasteiger partial charge in [0.25, 0.3) is 0 Å². The Morgan fingerprint density at radius 1 is 0.697 bits per heavy atom. The average molecular weight is 498 g/mol. The molecular weight excluding hydrogens is 439 g/mol. The Bertz CT molecular complexity index is 421. The maximum Gasteiger partial charge on any atom is 0.359 e. The van der Waals surface area contributed by atoms with E-state index in [2.05, 4.69) is 12.2 Å². The fraction of sp³-hybridized carbons (Fsp3) is 1.00. The Balaban J connectivity index is 0. The van der Waals surface area contributed by atoms with E-state index in [1.54, 1.807) is 21.1 Å². The first kappa shape index (κ1) is 35.2. The first-order valence-electron chi connectivity index (χ1n) is 13.4. The van der Waals surface area contributed by atoms with Gasteiger partial charge in [-0.2, -0.15) is 0 Å². The molecule has 0 heterocycles. The van der Waals surface area contributed by atoms with Crippen molar-refractivity contribution in [2.75, 3.05) is 47.4 Å². The van der Waals surface area contributed by atoms with Gasteiger partial charge in [-0.25, -0.2) is 0 Å². The minimum absolute atomic E-state index is 0.0459. The molecule has 0 spiro atoms. The lowest BCUT2D eigenvalue weighted by molar-refractivity contribution is -0.872. The van der Waals surface area contributed by atoms with Crippen molar-refractivity contribution in [3.8, 4) is 0 Å². The van der Waals surface area contributed by atoms with E-state index in [1.807, 2.05) is 0 Å². The third-order valence-electron chi connectivity index (χ3n) is 5.59. The van der Waals surface area contributed by atoms with Crippen LogP contribution in [0.2, 0.25) is 0 Å². The lowest BCUT2D eigenvalue weighted by atomic mass is 10.0. The number of aliphatic hydroxyl groups is 2. The summed E-state index contributed by atoms with van der Waals surface area (Å²) in [7, 11) is 0.933. The maximum absolute atomic E-state index is 10.4. The molecule has 7 nitrogen and oxygen atoms in total. The number of nitrogens with one attached hydrogen (secondary N) is 1. The molecule has 0 radical (unpaired) electrons. The van der Waals surface area contributed by atoms with E-state index in [1.165, 1.54) is 103 Å². The van der Waals surface area contributed by atoms with Crippen LogP contribution >= 0.6 is 7.60 Å². The van der Waals surface area contributed by atoms with Gasteiger partial charge in [-0.1, -0.05) is 103 Å². The van der Waals surface area contributed by atoms with Crippen LogP contribution in [-0.4, -0.2) is 77.7 Å². The van der Waals surface area contributed by atoms with Crippen molar-refractivity contribution in [1.29, 1.82) is 0 Å². The molecule has 0 bridgehead atoms. The van der Waals surface area contributed by atoms with Crippen molar-refractivity contribution in [3.63, 3.8) is 0 Å². The zero-order chi connectivity index (χ0) is 25.4. The van der Waals surface area contributed by atoms with Gasteiger partial charge in [0, 0.05) is 6.54 Å². The predicted molar refractivity (Wildman–Crippen MR) is 140 cm³/mol. The van der Waals surface area contributed by atoms with Gasteiger partial charge >= 0.3 is 7.60 Å². The van der Waals surface area contributed by atoms with Crippen LogP contribution in [0.5, 0.6) is 0 Å². The molecule has 1 unspecified atom stereocenters. The summed E-state index contributed by atoms with van der Waals surface area (Å²) in [5.74, 6) is -1.55. The van der Waals surface area contributed by atoms with Gasteiger partial charge in [-0.15, -0.1) is 0 Å². The Kier molecular flexibility index (Phi) is 25.3. The first-order valence-corrected chi connectivity index (χ1v) is 15.1. The molecule has 0 aromatic heterocycles.